The van der Waals surface area contributed by atoms with E-state index >= 15 is 0 Å². The van der Waals surface area contributed by atoms with E-state index in [4.69, 9.17) is 9.47 Å². The van der Waals surface area contributed by atoms with Crippen molar-refractivity contribution < 1.29 is 9.47 Å². The Labute approximate surface area is 109 Å². The number of hydrogen-bond donors (Lipinski definition) is 0. The molecule has 2 saturated heterocycles. The second kappa shape index (κ2) is 3.67. The Balaban J connectivity index is 1.93. The van der Waals surface area contributed by atoms with Crippen molar-refractivity contribution in [1.29, 1.82) is 0 Å². The molecular formula is C13H14O2S2. The van der Waals surface area contributed by atoms with Crippen LogP contribution in [-0.2, 0) is 20.0 Å². The monoisotopic (exact) mass is 266 g/mol. The zero-order valence-electron chi connectivity index (χ0n) is 9.48. The number of rotatable bonds is 0. The molecular weight excluding hydrogens is 252 g/mol. The molecule has 4 rings (SSSR count). The highest BCUT2D eigenvalue weighted by molar-refractivity contribution is 8.17. The fraction of sp³-hybridized carbons (Fsp3) is 0.538. The normalized spacial score (nSPS) is 39.3. The lowest BCUT2D eigenvalue weighted by Crippen LogP contribution is -2.55. The van der Waals surface area contributed by atoms with Crippen molar-refractivity contribution in [2.24, 2.45) is 0 Å². The molecule has 0 amide bonds. The Morgan fingerprint density at radius 3 is 2.47 bits per heavy atom. The van der Waals surface area contributed by atoms with E-state index in [0.717, 1.165) is 31.1 Å². The molecule has 0 aromatic heterocycles. The third kappa shape index (κ3) is 1.27. The van der Waals surface area contributed by atoms with Gasteiger partial charge in [-0.05, 0) is 11.1 Å². The van der Waals surface area contributed by atoms with E-state index < -0.39 is 5.79 Å². The fourth-order valence-corrected chi connectivity index (χ4v) is 6.37. The van der Waals surface area contributed by atoms with E-state index in [-0.39, 0.29) is 4.08 Å². The molecule has 1 aliphatic carbocycles. The van der Waals surface area contributed by atoms with Crippen molar-refractivity contribution in [3.05, 3.63) is 35.4 Å². The Hall–Kier alpha value is -0.160. The third-order valence-corrected chi connectivity index (χ3v) is 7.07. The predicted molar refractivity (Wildman–Crippen MR) is 71.4 cm³/mol. The predicted octanol–water partition coefficient (Wildman–Crippen LogP) is 2.62. The lowest BCUT2D eigenvalue weighted by molar-refractivity contribution is -0.240. The summed E-state index contributed by atoms with van der Waals surface area (Å²) in [7, 11) is 0. The summed E-state index contributed by atoms with van der Waals surface area (Å²) in [6, 6.07) is 8.72. The van der Waals surface area contributed by atoms with E-state index in [1.807, 2.05) is 23.5 Å². The van der Waals surface area contributed by atoms with Gasteiger partial charge in [0.05, 0.1) is 13.2 Å². The molecule has 0 atom stereocenters. The number of fused-ring (bicyclic) bond motifs is 1. The van der Waals surface area contributed by atoms with Crippen LogP contribution >= 0.6 is 23.5 Å². The summed E-state index contributed by atoms with van der Waals surface area (Å²) in [6.07, 6.45) is 0.906. The highest BCUT2D eigenvalue weighted by atomic mass is 32.2. The van der Waals surface area contributed by atoms with Crippen molar-refractivity contribution in [3.63, 3.8) is 0 Å². The Kier molecular flexibility index (Phi) is 2.32. The molecule has 0 radical (unpaired) electrons. The highest BCUT2D eigenvalue weighted by Gasteiger charge is 2.64. The van der Waals surface area contributed by atoms with Crippen molar-refractivity contribution in [2.45, 2.75) is 16.3 Å². The SMILES string of the molecule is c1ccc2c(c1)CC13OCCSC21SCCO3. The van der Waals surface area contributed by atoms with Gasteiger partial charge in [0, 0.05) is 17.9 Å². The molecule has 90 valence electrons. The molecule has 0 spiro atoms. The van der Waals surface area contributed by atoms with Gasteiger partial charge in [-0.1, -0.05) is 24.3 Å². The summed E-state index contributed by atoms with van der Waals surface area (Å²) >= 11 is 4.02. The zero-order chi connectivity index (χ0) is 11.3. The third-order valence-electron chi connectivity index (χ3n) is 3.74. The molecule has 0 bridgehead atoms. The molecule has 4 heteroatoms. The van der Waals surface area contributed by atoms with Crippen LogP contribution in [-0.4, -0.2) is 30.5 Å². The highest BCUT2D eigenvalue weighted by Crippen LogP contribution is 2.65. The summed E-state index contributed by atoms with van der Waals surface area (Å²) in [5.74, 6) is 1.72. The van der Waals surface area contributed by atoms with Crippen LogP contribution in [0.1, 0.15) is 11.1 Å². The largest absolute Gasteiger partial charge is 0.346 e. The van der Waals surface area contributed by atoms with Gasteiger partial charge in [-0.2, -0.15) is 0 Å². The maximum absolute atomic E-state index is 6.10. The summed E-state index contributed by atoms with van der Waals surface area (Å²) in [6.45, 7) is 1.61. The quantitative estimate of drug-likeness (QED) is 0.718. The van der Waals surface area contributed by atoms with Crippen LogP contribution in [0.5, 0.6) is 0 Å². The van der Waals surface area contributed by atoms with Gasteiger partial charge in [0.25, 0.3) is 0 Å². The molecule has 3 aliphatic rings. The average Bonchev–Trinajstić information content (AvgIpc) is 2.69. The fourth-order valence-electron chi connectivity index (χ4n) is 3.10. The van der Waals surface area contributed by atoms with Gasteiger partial charge in [-0.3, -0.25) is 0 Å². The van der Waals surface area contributed by atoms with Gasteiger partial charge in [-0.15, -0.1) is 23.5 Å². The summed E-state index contributed by atoms with van der Waals surface area (Å²) in [4.78, 5) is 0. The number of thioether (sulfide) groups is 2. The summed E-state index contributed by atoms with van der Waals surface area (Å²) < 4.78 is 12.2. The van der Waals surface area contributed by atoms with E-state index in [0.29, 0.717) is 0 Å². The van der Waals surface area contributed by atoms with Crippen molar-refractivity contribution in [3.8, 4) is 0 Å². The van der Waals surface area contributed by atoms with Crippen molar-refractivity contribution in [2.75, 3.05) is 24.7 Å². The van der Waals surface area contributed by atoms with Crippen LogP contribution in [0.4, 0.5) is 0 Å². The van der Waals surface area contributed by atoms with E-state index in [2.05, 4.69) is 24.3 Å². The molecule has 2 heterocycles. The molecule has 17 heavy (non-hydrogen) atoms. The van der Waals surface area contributed by atoms with Gasteiger partial charge in [0.1, 0.15) is 4.08 Å². The van der Waals surface area contributed by atoms with Gasteiger partial charge in [0.15, 0.2) is 0 Å². The lowest BCUT2D eigenvalue weighted by Gasteiger charge is -2.50. The smallest absolute Gasteiger partial charge is 0.200 e. The molecule has 2 aliphatic heterocycles. The minimum absolute atomic E-state index is 0.0138. The Morgan fingerprint density at radius 2 is 1.71 bits per heavy atom. The zero-order valence-corrected chi connectivity index (χ0v) is 11.1. The minimum Gasteiger partial charge on any atom is -0.346 e. The first kappa shape index (κ1) is 10.7. The van der Waals surface area contributed by atoms with Crippen LogP contribution in [0.3, 0.4) is 0 Å². The molecule has 0 N–H and O–H groups in total. The minimum atomic E-state index is -0.400. The van der Waals surface area contributed by atoms with Crippen LogP contribution in [0.25, 0.3) is 0 Å². The second-order valence-electron chi connectivity index (χ2n) is 4.60. The molecule has 0 unspecified atom stereocenters. The molecule has 0 saturated carbocycles. The lowest BCUT2D eigenvalue weighted by atomic mass is 10.1. The molecule has 1 aromatic rings. The summed E-state index contributed by atoms with van der Waals surface area (Å²) in [5, 5.41) is 0. The van der Waals surface area contributed by atoms with Crippen molar-refractivity contribution in [1.82, 2.24) is 0 Å². The van der Waals surface area contributed by atoms with E-state index in [1.165, 1.54) is 11.1 Å². The van der Waals surface area contributed by atoms with Gasteiger partial charge in [0.2, 0.25) is 5.79 Å². The standard InChI is InChI=1S/C13H14O2S2/c1-2-4-11-10(3-1)9-12-13(11,16-7-5-14-12)17-8-6-15-12/h1-4H,5-9H2. The number of ether oxygens (including phenoxy) is 2. The number of hydrogen-bond acceptors (Lipinski definition) is 4. The van der Waals surface area contributed by atoms with Crippen LogP contribution in [0.2, 0.25) is 0 Å². The first-order chi connectivity index (χ1) is 8.36. The van der Waals surface area contributed by atoms with Crippen molar-refractivity contribution >= 4 is 23.5 Å². The van der Waals surface area contributed by atoms with Crippen LogP contribution in [0.15, 0.2) is 24.3 Å². The van der Waals surface area contributed by atoms with Gasteiger partial charge < -0.3 is 9.47 Å². The van der Waals surface area contributed by atoms with Gasteiger partial charge >= 0.3 is 0 Å². The van der Waals surface area contributed by atoms with Crippen LogP contribution < -0.4 is 0 Å². The molecule has 2 nitrogen and oxygen atoms in total. The average molecular weight is 266 g/mol. The number of benzene rings is 1. The summed E-state index contributed by atoms with van der Waals surface area (Å²) in [5.41, 5.74) is 2.82. The van der Waals surface area contributed by atoms with E-state index in [1.54, 1.807) is 0 Å². The van der Waals surface area contributed by atoms with Gasteiger partial charge in [-0.25, -0.2) is 0 Å². The Bertz CT molecular complexity index is 448. The molecule has 2 fully saturated rings. The topological polar surface area (TPSA) is 18.5 Å². The first-order valence-corrected chi connectivity index (χ1v) is 7.98. The Morgan fingerprint density at radius 1 is 1.00 bits per heavy atom. The second-order valence-corrected chi connectivity index (χ2v) is 7.47. The maximum Gasteiger partial charge on any atom is 0.200 e. The molecule has 1 aromatic carbocycles. The van der Waals surface area contributed by atoms with E-state index in [9.17, 15) is 0 Å². The van der Waals surface area contributed by atoms with Crippen LogP contribution in [0, 0.1) is 0 Å². The maximum atomic E-state index is 6.10. The first-order valence-electron chi connectivity index (χ1n) is 6.01.